The van der Waals surface area contributed by atoms with E-state index in [4.69, 9.17) is 5.73 Å². The van der Waals surface area contributed by atoms with Crippen molar-refractivity contribution in [1.82, 2.24) is 0 Å². The van der Waals surface area contributed by atoms with Gasteiger partial charge in [0.25, 0.3) is 0 Å². The van der Waals surface area contributed by atoms with E-state index in [1.54, 1.807) is 0 Å². The first-order valence-corrected chi connectivity index (χ1v) is 4.70. The Morgan fingerprint density at radius 2 is 2.13 bits per heavy atom. The van der Waals surface area contributed by atoms with E-state index < -0.39 is 11.6 Å². The third-order valence-corrected chi connectivity index (χ3v) is 2.06. The molecule has 0 unspecified atom stereocenters. The summed E-state index contributed by atoms with van der Waals surface area (Å²) in [5.41, 5.74) is 5.53. The fourth-order valence-corrected chi connectivity index (χ4v) is 1.16. The zero-order valence-electron chi connectivity index (χ0n) is 8.00. The molecule has 1 saturated carbocycles. The van der Waals surface area contributed by atoms with Gasteiger partial charge in [0.05, 0.1) is 11.7 Å². The van der Waals surface area contributed by atoms with Crippen molar-refractivity contribution in [2.45, 2.75) is 18.9 Å². The molecule has 5 heteroatoms. The van der Waals surface area contributed by atoms with Gasteiger partial charge in [-0.25, -0.2) is 13.8 Å². The van der Waals surface area contributed by atoms with E-state index in [0.717, 1.165) is 31.0 Å². The van der Waals surface area contributed by atoms with Crippen molar-refractivity contribution in [3.63, 3.8) is 0 Å². The summed E-state index contributed by atoms with van der Waals surface area (Å²) in [7, 11) is 0. The predicted molar refractivity (Wildman–Crippen MR) is 54.6 cm³/mol. The zero-order chi connectivity index (χ0) is 10.8. The number of hydrogen-bond donors (Lipinski definition) is 2. The third-order valence-electron chi connectivity index (χ3n) is 2.06. The third kappa shape index (κ3) is 2.65. The van der Waals surface area contributed by atoms with Gasteiger partial charge < -0.3 is 11.1 Å². The van der Waals surface area contributed by atoms with E-state index in [9.17, 15) is 8.78 Å². The largest absolute Gasteiger partial charge is 0.370 e. The highest BCUT2D eigenvalue weighted by molar-refractivity contribution is 5.92. The van der Waals surface area contributed by atoms with Gasteiger partial charge in [0.2, 0.25) is 0 Å². The molecule has 0 radical (unpaired) electrons. The summed E-state index contributed by atoms with van der Waals surface area (Å²) in [6.45, 7) is 0. The quantitative estimate of drug-likeness (QED) is 0.579. The number of nitrogens with zero attached hydrogens (tertiary/aromatic N) is 1. The van der Waals surface area contributed by atoms with E-state index in [0.29, 0.717) is 0 Å². The SMILES string of the molecule is NC(=NC1CC1)Nc1cc(F)ccc1F. The van der Waals surface area contributed by atoms with Crippen molar-refractivity contribution < 1.29 is 8.78 Å². The summed E-state index contributed by atoms with van der Waals surface area (Å²) in [4.78, 5) is 4.05. The molecule has 1 fully saturated rings. The first kappa shape index (κ1) is 9.89. The summed E-state index contributed by atoms with van der Waals surface area (Å²) in [5.74, 6) is -0.939. The van der Waals surface area contributed by atoms with Gasteiger partial charge in [0, 0.05) is 6.07 Å². The monoisotopic (exact) mass is 211 g/mol. The Morgan fingerprint density at radius 3 is 2.80 bits per heavy atom. The van der Waals surface area contributed by atoms with Crippen LogP contribution in [-0.4, -0.2) is 12.0 Å². The molecule has 0 aromatic heterocycles. The Bertz CT molecular complexity index is 400. The smallest absolute Gasteiger partial charge is 0.193 e. The number of anilines is 1. The standard InChI is InChI=1S/C10H11F2N3/c11-6-1-4-8(12)9(5-6)15-10(13)14-7-2-3-7/h1,4-5,7H,2-3H2,(H3,13,14,15). The van der Waals surface area contributed by atoms with Crippen molar-refractivity contribution in [1.29, 1.82) is 0 Å². The van der Waals surface area contributed by atoms with Crippen LogP contribution in [0.2, 0.25) is 0 Å². The fraction of sp³-hybridized carbons (Fsp3) is 0.300. The van der Waals surface area contributed by atoms with Gasteiger partial charge in [-0.2, -0.15) is 0 Å². The van der Waals surface area contributed by atoms with Crippen LogP contribution < -0.4 is 11.1 Å². The highest BCUT2D eigenvalue weighted by Gasteiger charge is 2.20. The van der Waals surface area contributed by atoms with Gasteiger partial charge in [-0.15, -0.1) is 0 Å². The van der Waals surface area contributed by atoms with E-state index in [-0.39, 0.29) is 17.7 Å². The molecule has 1 aliphatic carbocycles. The van der Waals surface area contributed by atoms with Gasteiger partial charge in [0.15, 0.2) is 5.96 Å². The molecule has 0 atom stereocenters. The lowest BCUT2D eigenvalue weighted by atomic mass is 10.3. The molecule has 0 amide bonds. The predicted octanol–water partition coefficient (Wildman–Crippen LogP) is 1.85. The van der Waals surface area contributed by atoms with Crippen molar-refractivity contribution in [2.24, 2.45) is 10.7 Å². The minimum Gasteiger partial charge on any atom is -0.370 e. The van der Waals surface area contributed by atoms with Crippen LogP contribution in [0.1, 0.15) is 12.8 Å². The number of benzene rings is 1. The highest BCUT2D eigenvalue weighted by Crippen LogP contribution is 2.23. The molecule has 1 aromatic rings. The Morgan fingerprint density at radius 1 is 1.40 bits per heavy atom. The second-order valence-corrected chi connectivity index (χ2v) is 3.49. The van der Waals surface area contributed by atoms with Crippen molar-refractivity contribution in [3.8, 4) is 0 Å². The number of nitrogens with two attached hydrogens (primary N) is 1. The lowest BCUT2D eigenvalue weighted by Crippen LogP contribution is -2.23. The minimum atomic E-state index is -0.551. The number of nitrogens with one attached hydrogen (secondary N) is 1. The van der Waals surface area contributed by atoms with Gasteiger partial charge in [-0.1, -0.05) is 0 Å². The van der Waals surface area contributed by atoms with Crippen LogP contribution in [0.15, 0.2) is 23.2 Å². The number of hydrogen-bond acceptors (Lipinski definition) is 1. The maximum atomic E-state index is 13.1. The molecule has 1 aromatic carbocycles. The first-order chi connectivity index (χ1) is 7.15. The maximum absolute atomic E-state index is 13.1. The van der Waals surface area contributed by atoms with Gasteiger partial charge in [-0.3, -0.25) is 0 Å². The average molecular weight is 211 g/mol. The van der Waals surface area contributed by atoms with Crippen LogP contribution >= 0.6 is 0 Å². The molecule has 0 aliphatic heterocycles. The summed E-state index contributed by atoms with van der Waals surface area (Å²) in [6.07, 6.45) is 2.02. The Labute approximate surface area is 86.0 Å². The Kier molecular flexibility index (Phi) is 2.53. The Hall–Kier alpha value is -1.65. The van der Waals surface area contributed by atoms with Crippen LogP contribution in [0.25, 0.3) is 0 Å². The van der Waals surface area contributed by atoms with Crippen LogP contribution in [-0.2, 0) is 0 Å². The summed E-state index contributed by atoms with van der Waals surface area (Å²) < 4.78 is 25.9. The average Bonchev–Trinajstić information content (AvgIpc) is 2.95. The highest BCUT2D eigenvalue weighted by atomic mass is 19.1. The van der Waals surface area contributed by atoms with E-state index in [1.807, 2.05) is 0 Å². The molecule has 0 saturated heterocycles. The molecule has 0 spiro atoms. The number of aliphatic imine (C=N–C) groups is 1. The van der Waals surface area contributed by atoms with Gasteiger partial charge in [0.1, 0.15) is 11.6 Å². The van der Waals surface area contributed by atoms with Crippen LogP contribution in [0.5, 0.6) is 0 Å². The fourth-order valence-electron chi connectivity index (χ4n) is 1.16. The minimum absolute atomic E-state index is 0.0110. The lowest BCUT2D eigenvalue weighted by molar-refractivity contribution is 0.604. The summed E-state index contributed by atoms with van der Waals surface area (Å²) in [5, 5.41) is 2.54. The molecule has 0 heterocycles. The Balaban J connectivity index is 2.11. The van der Waals surface area contributed by atoms with E-state index >= 15 is 0 Å². The topological polar surface area (TPSA) is 50.4 Å². The second-order valence-electron chi connectivity index (χ2n) is 3.49. The molecule has 0 bridgehead atoms. The van der Waals surface area contributed by atoms with Crippen molar-refractivity contribution in [2.75, 3.05) is 5.32 Å². The summed E-state index contributed by atoms with van der Waals surface area (Å²) in [6, 6.07) is 3.38. The second kappa shape index (κ2) is 3.84. The van der Waals surface area contributed by atoms with Crippen LogP contribution in [0.3, 0.4) is 0 Å². The molecule has 2 rings (SSSR count). The van der Waals surface area contributed by atoms with Crippen LogP contribution in [0, 0.1) is 11.6 Å². The lowest BCUT2D eigenvalue weighted by Gasteiger charge is -2.06. The van der Waals surface area contributed by atoms with Crippen molar-refractivity contribution >= 4 is 11.6 Å². The van der Waals surface area contributed by atoms with Crippen molar-refractivity contribution in [3.05, 3.63) is 29.8 Å². The molecular formula is C10H11F2N3. The van der Waals surface area contributed by atoms with Crippen LogP contribution in [0.4, 0.5) is 14.5 Å². The number of guanidine groups is 1. The molecule has 3 N–H and O–H groups in total. The van der Waals surface area contributed by atoms with E-state index in [1.165, 1.54) is 0 Å². The number of halogens is 2. The van der Waals surface area contributed by atoms with Gasteiger partial charge >= 0.3 is 0 Å². The van der Waals surface area contributed by atoms with E-state index in [2.05, 4.69) is 10.3 Å². The molecular weight excluding hydrogens is 200 g/mol. The molecule has 1 aliphatic rings. The molecule has 3 nitrogen and oxygen atoms in total. The summed E-state index contributed by atoms with van der Waals surface area (Å²) >= 11 is 0. The zero-order valence-corrected chi connectivity index (χ0v) is 8.00. The maximum Gasteiger partial charge on any atom is 0.193 e. The first-order valence-electron chi connectivity index (χ1n) is 4.70. The molecule has 80 valence electrons. The molecule has 15 heavy (non-hydrogen) atoms. The number of rotatable bonds is 2. The van der Waals surface area contributed by atoms with Gasteiger partial charge in [-0.05, 0) is 25.0 Å². The normalized spacial score (nSPS) is 16.5.